The lowest BCUT2D eigenvalue weighted by atomic mass is 10.1. The van der Waals surface area contributed by atoms with Gasteiger partial charge < -0.3 is 10.0 Å². The Kier molecular flexibility index (Phi) is 4.32. The average molecular weight is 346 g/mol. The first-order valence-corrected chi connectivity index (χ1v) is 7.88. The van der Waals surface area contributed by atoms with Crippen molar-refractivity contribution in [2.24, 2.45) is 5.92 Å². The van der Waals surface area contributed by atoms with Crippen LogP contribution in [-0.4, -0.2) is 42.6 Å². The van der Waals surface area contributed by atoms with Crippen LogP contribution in [0.15, 0.2) is 18.2 Å². The number of aromatic carboxylic acids is 1. The molecule has 0 aliphatic carbocycles. The van der Waals surface area contributed by atoms with Crippen LogP contribution in [0.3, 0.4) is 0 Å². The average Bonchev–Trinajstić information content (AvgIpc) is 2.76. The predicted octanol–water partition coefficient (Wildman–Crippen LogP) is 0.945. The maximum absolute atomic E-state index is 12.7. The molecule has 0 saturated carbocycles. The number of benzene rings is 1. The number of carboxylic acid groups (broad SMARTS) is 1. The van der Waals surface area contributed by atoms with Crippen LogP contribution in [0.4, 0.5) is 15.3 Å². The molecule has 1 fully saturated rings. The Balaban J connectivity index is 2.32. The molecular formula is C12H11FN2O7S. The van der Waals surface area contributed by atoms with Crippen molar-refractivity contribution in [3.63, 3.8) is 0 Å². The quantitative estimate of drug-likeness (QED) is 0.476. The van der Waals surface area contributed by atoms with E-state index in [1.54, 1.807) is 0 Å². The van der Waals surface area contributed by atoms with E-state index in [-0.39, 0.29) is 18.7 Å². The Morgan fingerprint density at radius 1 is 1.48 bits per heavy atom. The Morgan fingerprint density at radius 3 is 2.65 bits per heavy atom. The number of hydrogen-bond donors (Lipinski definition) is 1. The van der Waals surface area contributed by atoms with Gasteiger partial charge in [0.15, 0.2) is 0 Å². The van der Waals surface area contributed by atoms with Gasteiger partial charge in [0.05, 0.1) is 16.4 Å². The molecule has 1 aromatic rings. The predicted molar refractivity (Wildman–Crippen MR) is 75.4 cm³/mol. The van der Waals surface area contributed by atoms with Crippen LogP contribution in [-0.2, 0) is 15.0 Å². The molecule has 1 aromatic carbocycles. The molecule has 11 heteroatoms. The summed E-state index contributed by atoms with van der Waals surface area (Å²) in [5.74, 6) is -3.59. The fraction of sp³-hybridized carbons (Fsp3) is 0.333. The van der Waals surface area contributed by atoms with E-state index in [9.17, 15) is 32.0 Å². The molecule has 0 bridgehead atoms. The Bertz CT molecular complexity index is 793. The lowest BCUT2D eigenvalue weighted by molar-refractivity contribution is -0.385. The maximum atomic E-state index is 12.7. The minimum Gasteiger partial charge on any atom is -0.477 e. The number of carbonyl (C=O) groups is 2. The molecule has 1 aliphatic heterocycles. The van der Waals surface area contributed by atoms with E-state index in [1.165, 1.54) is 6.07 Å². The highest BCUT2D eigenvalue weighted by Gasteiger charge is 2.34. The molecule has 1 saturated heterocycles. The topological polar surface area (TPSA) is 135 Å². The molecule has 1 N–H and O–H groups in total. The van der Waals surface area contributed by atoms with Gasteiger partial charge in [-0.05, 0) is 12.1 Å². The second-order valence-electron chi connectivity index (χ2n) is 5.04. The van der Waals surface area contributed by atoms with Gasteiger partial charge in [-0.3, -0.25) is 14.9 Å². The van der Waals surface area contributed by atoms with Crippen molar-refractivity contribution in [2.75, 3.05) is 17.2 Å². The number of rotatable bonds is 5. The fourth-order valence-electron chi connectivity index (χ4n) is 2.44. The molecule has 0 spiro atoms. The first-order valence-electron chi connectivity index (χ1n) is 6.33. The van der Waals surface area contributed by atoms with E-state index in [1.807, 2.05) is 0 Å². The summed E-state index contributed by atoms with van der Waals surface area (Å²) < 4.78 is 34.0. The number of carboxylic acids is 1. The van der Waals surface area contributed by atoms with Crippen molar-refractivity contribution in [2.45, 2.75) is 6.42 Å². The molecule has 1 heterocycles. The van der Waals surface area contributed by atoms with Gasteiger partial charge in [0.25, 0.3) is 5.69 Å². The van der Waals surface area contributed by atoms with Crippen LogP contribution in [0.2, 0.25) is 0 Å². The van der Waals surface area contributed by atoms with Gasteiger partial charge in [-0.25, -0.2) is 4.79 Å². The van der Waals surface area contributed by atoms with Crippen molar-refractivity contribution in [3.05, 3.63) is 33.9 Å². The third-order valence-electron chi connectivity index (χ3n) is 3.36. The van der Waals surface area contributed by atoms with Crippen LogP contribution >= 0.6 is 0 Å². The largest absolute Gasteiger partial charge is 0.477 e. The molecular weight excluding hydrogens is 335 g/mol. The number of nitro groups is 1. The van der Waals surface area contributed by atoms with E-state index in [4.69, 9.17) is 5.11 Å². The van der Waals surface area contributed by atoms with E-state index in [0.717, 1.165) is 17.0 Å². The monoisotopic (exact) mass is 346 g/mol. The Labute approximate surface area is 129 Å². The zero-order chi connectivity index (χ0) is 17.4. The van der Waals surface area contributed by atoms with Crippen LogP contribution < -0.4 is 4.90 Å². The number of nitro benzene ring substituents is 1. The van der Waals surface area contributed by atoms with Gasteiger partial charge in [-0.2, -0.15) is 8.42 Å². The molecule has 23 heavy (non-hydrogen) atoms. The van der Waals surface area contributed by atoms with Crippen molar-refractivity contribution < 1.29 is 31.9 Å². The highest BCUT2D eigenvalue weighted by molar-refractivity contribution is 7.86. The zero-order valence-electron chi connectivity index (χ0n) is 11.5. The normalized spacial score (nSPS) is 18.2. The second-order valence-corrected chi connectivity index (χ2v) is 6.45. The maximum Gasteiger partial charge on any atom is 0.342 e. The molecule has 2 rings (SSSR count). The van der Waals surface area contributed by atoms with Crippen LogP contribution in [0, 0.1) is 16.0 Å². The summed E-state index contributed by atoms with van der Waals surface area (Å²) in [5, 5.41) is 19.8. The molecule has 1 aliphatic rings. The minimum atomic E-state index is -4.74. The molecule has 1 unspecified atom stereocenters. The van der Waals surface area contributed by atoms with Crippen LogP contribution in [0.5, 0.6) is 0 Å². The number of nitrogens with zero attached hydrogens (tertiary/aromatic N) is 2. The van der Waals surface area contributed by atoms with Crippen LogP contribution in [0.25, 0.3) is 0 Å². The van der Waals surface area contributed by atoms with E-state index in [2.05, 4.69) is 0 Å². The summed E-state index contributed by atoms with van der Waals surface area (Å²) in [7, 11) is -4.74. The van der Waals surface area contributed by atoms with Gasteiger partial charge in [0.2, 0.25) is 5.91 Å². The Morgan fingerprint density at radius 2 is 2.13 bits per heavy atom. The van der Waals surface area contributed by atoms with Crippen molar-refractivity contribution in [1.82, 2.24) is 0 Å². The third-order valence-corrected chi connectivity index (χ3v) is 4.23. The SMILES string of the molecule is O=C(O)c1ccc(N2CC(CS(=O)(=O)F)CC2=O)cc1[N+](=O)[O-]. The standard InChI is InChI=1S/C12H11FN2O7S/c13-23(21,22)6-7-3-11(16)14(5-7)8-1-2-9(12(17)18)10(4-8)15(19)20/h1-2,4,7H,3,5-6H2,(H,17,18). The van der Waals surface area contributed by atoms with E-state index >= 15 is 0 Å². The first-order chi connectivity index (χ1) is 10.6. The minimum absolute atomic E-state index is 0.0606. The van der Waals surface area contributed by atoms with E-state index in [0.29, 0.717) is 0 Å². The number of hydrogen-bond acceptors (Lipinski definition) is 6. The first kappa shape index (κ1) is 16.8. The fourth-order valence-corrected chi connectivity index (χ4v) is 3.23. The molecule has 124 valence electrons. The highest BCUT2D eigenvalue weighted by Crippen LogP contribution is 2.30. The van der Waals surface area contributed by atoms with Gasteiger partial charge in [-0.15, -0.1) is 3.89 Å². The molecule has 9 nitrogen and oxygen atoms in total. The van der Waals surface area contributed by atoms with Gasteiger partial charge >= 0.3 is 16.2 Å². The number of halogens is 1. The summed E-state index contributed by atoms with van der Waals surface area (Å²) in [4.78, 5) is 34.0. The third kappa shape index (κ3) is 3.80. The lowest BCUT2D eigenvalue weighted by Crippen LogP contribution is -2.25. The smallest absolute Gasteiger partial charge is 0.342 e. The van der Waals surface area contributed by atoms with Gasteiger partial charge in [-0.1, -0.05) is 0 Å². The van der Waals surface area contributed by atoms with Gasteiger partial charge in [0, 0.05) is 24.9 Å². The number of amides is 1. The van der Waals surface area contributed by atoms with Gasteiger partial charge in [0.1, 0.15) is 5.56 Å². The molecule has 0 aromatic heterocycles. The summed E-state index contributed by atoms with van der Waals surface area (Å²) >= 11 is 0. The van der Waals surface area contributed by atoms with Crippen molar-refractivity contribution in [1.29, 1.82) is 0 Å². The summed E-state index contributed by atoms with van der Waals surface area (Å²) in [5.41, 5.74) is -1.16. The molecule has 0 radical (unpaired) electrons. The molecule has 1 amide bonds. The van der Waals surface area contributed by atoms with E-state index < -0.39 is 49.9 Å². The Hall–Kier alpha value is -2.56. The second kappa shape index (κ2) is 5.91. The highest BCUT2D eigenvalue weighted by atomic mass is 32.3. The molecule has 1 atom stereocenters. The lowest BCUT2D eigenvalue weighted by Gasteiger charge is -2.16. The van der Waals surface area contributed by atoms with Crippen molar-refractivity contribution >= 4 is 33.5 Å². The number of anilines is 1. The number of carbonyl (C=O) groups excluding carboxylic acids is 1. The zero-order valence-corrected chi connectivity index (χ0v) is 12.3. The van der Waals surface area contributed by atoms with Crippen molar-refractivity contribution in [3.8, 4) is 0 Å². The summed E-state index contributed by atoms with van der Waals surface area (Å²) in [6.07, 6.45) is -0.211. The summed E-state index contributed by atoms with van der Waals surface area (Å²) in [6.45, 7) is -0.119. The van der Waals surface area contributed by atoms with Crippen LogP contribution in [0.1, 0.15) is 16.8 Å². The summed E-state index contributed by atoms with van der Waals surface area (Å²) in [6, 6.07) is 3.12.